The normalized spacial score (nSPS) is 18.8. The Bertz CT molecular complexity index is 1570. The van der Waals surface area contributed by atoms with Gasteiger partial charge >= 0.3 is 6.03 Å². The summed E-state index contributed by atoms with van der Waals surface area (Å²) in [5, 5.41) is 12.7. The number of methoxy groups -OCH3 is 1. The smallest absolute Gasteiger partial charge is 0.315 e. The summed E-state index contributed by atoms with van der Waals surface area (Å²) in [5.74, 6) is 0.167. The van der Waals surface area contributed by atoms with E-state index >= 15 is 0 Å². The maximum absolute atomic E-state index is 14.0. The number of urea groups is 1. The molecule has 2 saturated carbocycles. The molecule has 1 unspecified atom stereocenters. The van der Waals surface area contributed by atoms with Gasteiger partial charge < -0.3 is 31.0 Å². The third-order valence-electron chi connectivity index (χ3n) is 9.89. The molecule has 0 saturated heterocycles. The van der Waals surface area contributed by atoms with Crippen molar-refractivity contribution in [2.45, 2.75) is 83.2 Å². The van der Waals surface area contributed by atoms with E-state index in [-0.39, 0.29) is 41.7 Å². The lowest BCUT2D eigenvalue weighted by atomic mass is 9.77. The zero-order valence-electron chi connectivity index (χ0n) is 27.5. The molecule has 1 aromatic heterocycles. The van der Waals surface area contributed by atoms with Gasteiger partial charge in [-0.15, -0.1) is 0 Å². The van der Waals surface area contributed by atoms with E-state index in [2.05, 4.69) is 33.2 Å². The van der Waals surface area contributed by atoms with Gasteiger partial charge in [0.15, 0.2) is 0 Å². The number of nitrogens with zero attached hydrogens (tertiary/aromatic N) is 1. The molecule has 11 heteroatoms. The van der Waals surface area contributed by atoms with Crippen molar-refractivity contribution in [2.24, 2.45) is 11.3 Å². The fourth-order valence-electron chi connectivity index (χ4n) is 6.70. The third-order valence-corrected chi connectivity index (χ3v) is 10.2. The Hall–Kier alpha value is -3.63. The summed E-state index contributed by atoms with van der Waals surface area (Å²) in [6, 6.07) is 12.1. The highest BCUT2D eigenvalue weighted by atomic mass is 35.5. The molecule has 2 aliphatic carbocycles. The first-order valence-electron chi connectivity index (χ1n) is 16.4. The molecule has 0 spiro atoms. The summed E-state index contributed by atoms with van der Waals surface area (Å²) in [4.78, 5) is 48.4. The van der Waals surface area contributed by atoms with E-state index in [1.54, 1.807) is 7.11 Å². The van der Waals surface area contributed by atoms with Gasteiger partial charge in [-0.25, -0.2) is 9.78 Å². The van der Waals surface area contributed by atoms with Gasteiger partial charge in [0, 0.05) is 31.1 Å². The highest BCUT2D eigenvalue weighted by Gasteiger charge is 2.51. The SMILES string of the molecule is CCNC(=O)N[C@H](c1nc2ccc(C(C)(COC)C(=O)N[C@@H](C(=O)NCC)C3CCC3)cc2[nH]1)[C@H](c1ccccc1Cl)C1(C)CC1. The number of imidazole rings is 1. The van der Waals surface area contributed by atoms with E-state index < -0.39 is 17.5 Å². The standard InChI is InChI=1S/C35H47ClN6O4/c1-6-37-31(43)28(21-11-10-12-21)41-32(44)35(4,20-46-5)22-15-16-25-26(19-22)40-30(39-25)29(42-33(45)38-7-2)27(34(3)17-18-34)23-13-8-9-14-24(23)36/h8-9,13-16,19,21,27-29H,6-7,10-12,17-18,20H2,1-5H3,(H,37,43)(H,39,40)(H,41,44)(H2,38,42,45)/t27-,28+,29-,35?/m0/s1. The Kier molecular flexibility index (Phi) is 10.3. The molecule has 5 N–H and O–H groups in total. The van der Waals surface area contributed by atoms with Crippen molar-refractivity contribution in [2.75, 3.05) is 26.8 Å². The molecule has 46 heavy (non-hydrogen) atoms. The van der Waals surface area contributed by atoms with E-state index in [1.807, 2.05) is 63.2 Å². The second kappa shape index (κ2) is 14.0. The fraction of sp³-hybridized carbons (Fsp3) is 0.543. The molecule has 2 fully saturated rings. The number of benzene rings is 2. The van der Waals surface area contributed by atoms with Gasteiger partial charge in [-0.1, -0.05) is 49.2 Å². The topological polar surface area (TPSA) is 137 Å². The van der Waals surface area contributed by atoms with Crippen LogP contribution in [0, 0.1) is 11.3 Å². The summed E-state index contributed by atoms with van der Waals surface area (Å²) >= 11 is 6.76. The van der Waals surface area contributed by atoms with Gasteiger partial charge in [0.2, 0.25) is 11.8 Å². The molecule has 248 valence electrons. The monoisotopic (exact) mass is 650 g/mol. The number of ether oxygens (including phenoxy) is 1. The first-order chi connectivity index (χ1) is 22.0. The summed E-state index contributed by atoms with van der Waals surface area (Å²) in [6.45, 7) is 8.91. The summed E-state index contributed by atoms with van der Waals surface area (Å²) in [5.41, 5.74) is 1.96. The number of aromatic amines is 1. The molecule has 1 heterocycles. The molecule has 2 aliphatic rings. The van der Waals surface area contributed by atoms with Crippen LogP contribution < -0.4 is 21.3 Å². The molecular formula is C35H47ClN6O4. The fourth-order valence-corrected chi connectivity index (χ4v) is 6.95. The number of hydrogen-bond acceptors (Lipinski definition) is 5. The van der Waals surface area contributed by atoms with Gasteiger partial charge in [0.1, 0.15) is 11.9 Å². The minimum absolute atomic E-state index is 0.0739. The van der Waals surface area contributed by atoms with Crippen LogP contribution in [-0.4, -0.2) is 60.7 Å². The number of carbonyl (C=O) groups is 3. The number of amides is 4. The highest BCUT2D eigenvalue weighted by Crippen LogP contribution is 2.60. The lowest BCUT2D eigenvalue weighted by molar-refractivity contribution is -0.135. The van der Waals surface area contributed by atoms with Crippen LogP contribution in [0.15, 0.2) is 42.5 Å². The summed E-state index contributed by atoms with van der Waals surface area (Å²) in [7, 11) is 1.57. The predicted octanol–water partition coefficient (Wildman–Crippen LogP) is 5.49. The average Bonchev–Trinajstić information content (AvgIpc) is 3.59. The van der Waals surface area contributed by atoms with Crippen molar-refractivity contribution in [1.82, 2.24) is 31.2 Å². The minimum atomic E-state index is -1.08. The number of halogens is 1. The Morgan fingerprint density at radius 3 is 2.41 bits per heavy atom. The van der Waals surface area contributed by atoms with E-state index in [9.17, 15) is 14.4 Å². The van der Waals surface area contributed by atoms with Crippen LogP contribution in [0.3, 0.4) is 0 Å². The molecule has 0 aliphatic heterocycles. The number of likely N-dealkylation sites (N-methyl/N-ethyl adjacent to an activating group) is 1. The minimum Gasteiger partial charge on any atom is -0.383 e. The lowest BCUT2D eigenvalue weighted by Crippen LogP contribution is -2.57. The maximum Gasteiger partial charge on any atom is 0.315 e. The van der Waals surface area contributed by atoms with Crippen molar-refractivity contribution >= 4 is 40.5 Å². The molecule has 5 rings (SSSR count). The molecule has 2 aromatic carbocycles. The zero-order chi connectivity index (χ0) is 33.1. The number of rotatable bonds is 14. The molecule has 4 amide bonds. The number of hydrogen-bond donors (Lipinski definition) is 5. The van der Waals surface area contributed by atoms with E-state index in [0.29, 0.717) is 29.5 Å². The van der Waals surface area contributed by atoms with E-state index in [4.69, 9.17) is 21.3 Å². The van der Waals surface area contributed by atoms with Crippen molar-refractivity contribution < 1.29 is 19.1 Å². The predicted molar refractivity (Wildman–Crippen MR) is 180 cm³/mol. The number of fused-ring (bicyclic) bond motifs is 1. The van der Waals surface area contributed by atoms with E-state index in [1.165, 1.54) is 0 Å². The molecule has 3 aromatic rings. The Balaban J connectivity index is 1.52. The van der Waals surface area contributed by atoms with Crippen molar-refractivity contribution in [1.29, 1.82) is 0 Å². The number of nitrogens with one attached hydrogen (secondary N) is 5. The number of carbonyl (C=O) groups excluding carboxylic acids is 3. The molecule has 10 nitrogen and oxygen atoms in total. The lowest BCUT2D eigenvalue weighted by Gasteiger charge is -2.36. The van der Waals surface area contributed by atoms with Crippen LogP contribution in [0.1, 0.15) is 88.7 Å². The summed E-state index contributed by atoms with van der Waals surface area (Å²) < 4.78 is 5.58. The second-order valence-corrected chi connectivity index (χ2v) is 13.7. The Morgan fingerprint density at radius 1 is 1.09 bits per heavy atom. The second-order valence-electron chi connectivity index (χ2n) is 13.3. The van der Waals surface area contributed by atoms with E-state index in [0.717, 1.165) is 48.7 Å². The van der Waals surface area contributed by atoms with Crippen molar-refractivity contribution in [3.05, 3.63) is 64.4 Å². The highest BCUT2D eigenvalue weighted by molar-refractivity contribution is 6.31. The van der Waals surface area contributed by atoms with Crippen LogP contribution in [0.4, 0.5) is 4.79 Å². The van der Waals surface area contributed by atoms with Crippen molar-refractivity contribution in [3.8, 4) is 0 Å². The molecule has 0 radical (unpaired) electrons. The van der Waals surface area contributed by atoms with Gasteiger partial charge in [0.05, 0.1) is 29.1 Å². The van der Waals surface area contributed by atoms with Gasteiger partial charge in [0.25, 0.3) is 0 Å². The number of H-pyrrole nitrogens is 1. The molecule has 4 atom stereocenters. The van der Waals surface area contributed by atoms with Crippen LogP contribution in [0.25, 0.3) is 11.0 Å². The maximum atomic E-state index is 14.0. The quantitative estimate of drug-likeness (QED) is 0.157. The van der Waals surface area contributed by atoms with Gasteiger partial charge in [-0.05, 0) is 87.1 Å². The number of aromatic nitrogens is 2. The summed E-state index contributed by atoms with van der Waals surface area (Å²) in [6.07, 6.45) is 4.88. The largest absolute Gasteiger partial charge is 0.383 e. The van der Waals surface area contributed by atoms with Crippen molar-refractivity contribution in [3.63, 3.8) is 0 Å². The van der Waals surface area contributed by atoms with Crippen LogP contribution >= 0.6 is 11.6 Å². The first kappa shape index (κ1) is 33.7. The molecular weight excluding hydrogens is 604 g/mol. The van der Waals surface area contributed by atoms with Gasteiger partial charge in [-0.2, -0.15) is 0 Å². The van der Waals surface area contributed by atoms with Crippen LogP contribution in [0.5, 0.6) is 0 Å². The van der Waals surface area contributed by atoms with Crippen LogP contribution in [0.2, 0.25) is 5.02 Å². The Morgan fingerprint density at radius 2 is 1.80 bits per heavy atom. The Labute approximate surface area is 276 Å². The first-order valence-corrected chi connectivity index (χ1v) is 16.8. The average molecular weight is 651 g/mol. The third kappa shape index (κ3) is 6.88. The van der Waals surface area contributed by atoms with Gasteiger partial charge in [-0.3, -0.25) is 9.59 Å². The van der Waals surface area contributed by atoms with Crippen LogP contribution in [-0.2, 0) is 19.7 Å². The zero-order valence-corrected chi connectivity index (χ0v) is 28.2. The molecule has 0 bridgehead atoms.